The zero-order valence-electron chi connectivity index (χ0n) is 11.5. The molecule has 0 aromatic heterocycles. The summed E-state index contributed by atoms with van der Waals surface area (Å²) in [4.78, 5) is 13.6. The van der Waals surface area contributed by atoms with E-state index in [2.05, 4.69) is 26.6 Å². The Bertz CT molecular complexity index is 630. The predicted octanol–water partition coefficient (Wildman–Crippen LogP) is 1.91. The number of rotatable bonds is 5. The molecule has 0 saturated heterocycles. The molecule has 1 atom stereocenters. The van der Waals surface area contributed by atoms with Crippen molar-refractivity contribution in [2.45, 2.75) is 13.0 Å². The Kier molecular flexibility index (Phi) is 4.79. The van der Waals surface area contributed by atoms with Gasteiger partial charge in [0, 0.05) is 15.7 Å². The first-order valence-corrected chi connectivity index (χ1v) is 7.28. The van der Waals surface area contributed by atoms with Gasteiger partial charge in [-0.1, -0.05) is 6.92 Å². The number of hydrogen-bond donors (Lipinski definition) is 2. The van der Waals surface area contributed by atoms with Crippen molar-refractivity contribution in [2.75, 3.05) is 29.9 Å². The van der Waals surface area contributed by atoms with Crippen LogP contribution < -0.4 is 15.5 Å². The van der Waals surface area contributed by atoms with Gasteiger partial charge in [-0.3, -0.25) is 4.79 Å². The molecular formula is C14H14BrN5O. The van der Waals surface area contributed by atoms with Crippen molar-refractivity contribution in [3.63, 3.8) is 0 Å². The first kappa shape index (κ1) is 15.3. The maximum Gasteiger partial charge on any atom is 0.246 e. The van der Waals surface area contributed by atoms with Crippen LogP contribution in [0.25, 0.3) is 0 Å². The first-order chi connectivity index (χ1) is 10.1. The molecule has 0 saturated carbocycles. The monoisotopic (exact) mass is 347 g/mol. The van der Waals surface area contributed by atoms with Crippen LogP contribution in [0.4, 0.5) is 11.4 Å². The number of halogens is 1. The highest BCUT2D eigenvalue weighted by Gasteiger charge is 2.31. The van der Waals surface area contributed by atoms with Crippen molar-refractivity contribution in [2.24, 2.45) is 0 Å². The number of nitriles is 2. The van der Waals surface area contributed by atoms with Gasteiger partial charge in [-0.05, 0) is 34.6 Å². The van der Waals surface area contributed by atoms with Crippen LogP contribution in [0.1, 0.15) is 18.5 Å². The third-order valence-corrected chi connectivity index (χ3v) is 3.86. The van der Waals surface area contributed by atoms with E-state index < -0.39 is 0 Å². The molecule has 0 bridgehead atoms. The van der Waals surface area contributed by atoms with Crippen molar-refractivity contribution >= 4 is 33.2 Å². The molecule has 0 spiro atoms. The number of fused-ring (bicyclic) bond motifs is 1. The van der Waals surface area contributed by atoms with Gasteiger partial charge in [-0.2, -0.15) is 10.5 Å². The molecule has 0 fully saturated rings. The molecule has 1 aromatic carbocycles. The van der Waals surface area contributed by atoms with Crippen molar-refractivity contribution in [1.82, 2.24) is 5.32 Å². The van der Waals surface area contributed by atoms with Crippen LogP contribution in [-0.4, -0.2) is 25.5 Å². The number of carbonyl (C=O) groups is 1. The van der Waals surface area contributed by atoms with E-state index >= 15 is 0 Å². The number of nitrogens with zero attached hydrogens (tertiary/aromatic N) is 3. The van der Waals surface area contributed by atoms with Gasteiger partial charge in [0.2, 0.25) is 5.91 Å². The summed E-state index contributed by atoms with van der Waals surface area (Å²) < 4.78 is 0.756. The summed E-state index contributed by atoms with van der Waals surface area (Å²) in [5.74, 6) is -0.0944. The van der Waals surface area contributed by atoms with Crippen molar-refractivity contribution in [1.29, 1.82) is 10.5 Å². The Labute approximate surface area is 131 Å². The minimum atomic E-state index is -0.365. The lowest BCUT2D eigenvalue weighted by Crippen LogP contribution is -2.27. The smallest absolute Gasteiger partial charge is 0.246 e. The van der Waals surface area contributed by atoms with Crippen LogP contribution in [-0.2, 0) is 4.79 Å². The second kappa shape index (κ2) is 6.57. The molecular weight excluding hydrogens is 334 g/mol. The lowest BCUT2D eigenvalue weighted by Gasteiger charge is -2.21. The fourth-order valence-electron chi connectivity index (χ4n) is 2.32. The van der Waals surface area contributed by atoms with Crippen LogP contribution in [0.5, 0.6) is 0 Å². The number of carbonyl (C=O) groups excluding carboxylic acids is 1. The van der Waals surface area contributed by atoms with Crippen LogP contribution in [0, 0.1) is 22.7 Å². The van der Waals surface area contributed by atoms with Crippen molar-refractivity contribution < 1.29 is 4.79 Å². The summed E-state index contributed by atoms with van der Waals surface area (Å²) in [5, 5.41) is 23.7. The first-order valence-electron chi connectivity index (χ1n) is 6.48. The Morgan fingerprint density at radius 1 is 1.38 bits per heavy atom. The SMILES string of the molecule is CCNC1C(=O)Nc2cc(N(CC#N)CC#N)c(Br)cc21. The summed E-state index contributed by atoms with van der Waals surface area (Å²) in [6.45, 7) is 2.84. The Balaban J connectivity index is 2.41. The molecule has 1 aliphatic heterocycles. The standard InChI is InChI=1S/C14H14BrN5O/c1-2-18-13-9-7-10(15)12(8-11(9)19-14(13)21)20(5-3-16)6-4-17/h7-8,13,18H,2,5-6H2,1H3,(H,19,21). The van der Waals surface area contributed by atoms with E-state index in [0.717, 1.165) is 10.0 Å². The second-order valence-corrected chi connectivity index (χ2v) is 5.40. The number of likely N-dealkylation sites (N-methyl/N-ethyl adjacent to an activating group) is 1. The number of anilines is 2. The molecule has 7 heteroatoms. The average Bonchev–Trinajstić information content (AvgIpc) is 2.74. The zero-order chi connectivity index (χ0) is 15.4. The molecule has 1 aliphatic rings. The Morgan fingerprint density at radius 3 is 2.62 bits per heavy atom. The number of nitrogens with one attached hydrogen (secondary N) is 2. The van der Waals surface area contributed by atoms with E-state index in [4.69, 9.17) is 10.5 Å². The fraction of sp³-hybridized carbons (Fsp3) is 0.357. The summed E-state index contributed by atoms with van der Waals surface area (Å²) in [6, 6.07) is 7.37. The van der Waals surface area contributed by atoms with Gasteiger partial charge in [0.1, 0.15) is 19.1 Å². The van der Waals surface area contributed by atoms with Gasteiger partial charge in [-0.15, -0.1) is 0 Å². The van der Waals surface area contributed by atoms with E-state index in [0.29, 0.717) is 17.9 Å². The van der Waals surface area contributed by atoms with Crippen molar-refractivity contribution in [3.05, 3.63) is 22.2 Å². The van der Waals surface area contributed by atoms with Gasteiger partial charge >= 0.3 is 0 Å². The Hall–Kier alpha value is -2.09. The highest BCUT2D eigenvalue weighted by atomic mass is 79.9. The van der Waals surface area contributed by atoms with E-state index in [1.165, 1.54) is 0 Å². The lowest BCUT2D eigenvalue weighted by molar-refractivity contribution is -0.117. The van der Waals surface area contributed by atoms with Crippen LogP contribution >= 0.6 is 15.9 Å². The molecule has 2 rings (SSSR count). The topological polar surface area (TPSA) is 91.9 Å². The third-order valence-electron chi connectivity index (χ3n) is 3.22. The predicted molar refractivity (Wildman–Crippen MR) is 82.6 cm³/mol. The maximum absolute atomic E-state index is 12.0. The van der Waals surface area contributed by atoms with Crippen LogP contribution in [0.15, 0.2) is 16.6 Å². The molecule has 21 heavy (non-hydrogen) atoms. The molecule has 108 valence electrons. The average molecular weight is 348 g/mol. The molecule has 1 unspecified atom stereocenters. The van der Waals surface area contributed by atoms with Crippen LogP contribution in [0.3, 0.4) is 0 Å². The largest absolute Gasteiger partial charge is 0.344 e. The molecule has 0 radical (unpaired) electrons. The lowest BCUT2D eigenvalue weighted by atomic mass is 10.1. The van der Waals surface area contributed by atoms with Crippen LogP contribution in [0.2, 0.25) is 0 Å². The molecule has 1 heterocycles. The van der Waals surface area contributed by atoms with Crippen molar-refractivity contribution in [3.8, 4) is 12.1 Å². The minimum absolute atomic E-state index is 0.0944. The number of amides is 1. The Morgan fingerprint density at radius 2 is 2.05 bits per heavy atom. The van der Waals surface area contributed by atoms with E-state index in [1.54, 1.807) is 11.0 Å². The highest BCUT2D eigenvalue weighted by molar-refractivity contribution is 9.10. The number of hydrogen-bond acceptors (Lipinski definition) is 5. The van der Waals surface area contributed by atoms with Gasteiger partial charge in [0.25, 0.3) is 0 Å². The summed E-state index contributed by atoms with van der Waals surface area (Å²) in [6.07, 6.45) is 0. The summed E-state index contributed by atoms with van der Waals surface area (Å²) in [5.41, 5.74) is 2.30. The third kappa shape index (κ3) is 2.99. The molecule has 1 aromatic rings. The van der Waals surface area contributed by atoms with Gasteiger partial charge in [0.05, 0.1) is 17.8 Å². The molecule has 1 amide bonds. The number of benzene rings is 1. The minimum Gasteiger partial charge on any atom is -0.344 e. The molecule has 6 nitrogen and oxygen atoms in total. The zero-order valence-corrected chi connectivity index (χ0v) is 13.1. The maximum atomic E-state index is 12.0. The molecule has 2 N–H and O–H groups in total. The fourth-order valence-corrected chi connectivity index (χ4v) is 2.93. The normalized spacial score (nSPS) is 15.8. The van der Waals surface area contributed by atoms with E-state index in [-0.39, 0.29) is 25.0 Å². The van der Waals surface area contributed by atoms with E-state index in [1.807, 2.05) is 25.1 Å². The molecule has 0 aliphatic carbocycles. The summed E-state index contributed by atoms with van der Waals surface area (Å²) in [7, 11) is 0. The second-order valence-electron chi connectivity index (χ2n) is 4.54. The van der Waals surface area contributed by atoms with Gasteiger partial charge < -0.3 is 15.5 Å². The quantitative estimate of drug-likeness (QED) is 0.793. The van der Waals surface area contributed by atoms with Gasteiger partial charge in [0.15, 0.2) is 0 Å². The van der Waals surface area contributed by atoms with E-state index in [9.17, 15) is 4.79 Å². The van der Waals surface area contributed by atoms with Gasteiger partial charge in [-0.25, -0.2) is 0 Å². The summed E-state index contributed by atoms with van der Waals surface area (Å²) >= 11 is 3.46. The highest BCUT2D eigenvalue weighted by Crippen LogP contribution is 2.38.